The van der Waals surface area contributed by atoms with Crippen LogP contribution in [0.3, 0.4) is 0 Å². The quantitative estimate of drug-likeness (QED) is 0.771. The van der Waals surface area contributed by atoms with Gasteiger partial charge in [0.05, 0.1) is 6.54 Å². The number of nitrogens with one attached hydrogen (secondary N) is 2. The lowest BCUT2D eigenvalue weighted by atomic mass is 10.3. The number of nitriles is 1. The van der Waals surface area contributed by atoms with Crippen LogP contribution in [0.1, 0.15) is 12.5 Å². The van der Waals surface area contributed by atoms with Crippen LogP contribution in [0.5, 0.6) is 5.75 Å². The van der Waals surface area contributed by atoms with Crippen molar-refractivity contribution >= 4 is 5.91 Å². The van der Waals surface area contributed by atoms with Gasteiger partial charge in [0.25, 0.3) is 5.56 Å². The first-order valence-corrected chi connectivity index (χ1v) is 7.32. The summed E-state index contributed by atoms with van der Waals surface area (Å²) in [4.78, 5) is 36.8. The van der Waals surface area contributed by atoms with E-state index in [2.05, 4.69) is 5.32 Å². The molecule has 0 aliphatic carbocycles. The van der Waals surface area contributed by atoms with E-state index in [0.29, 0.717) is 5.75 Å². The lowest BCUT2D eigenvalue weighted by Crippen LogP contribution is -2.39. The van der Waals surface area contributed by atoms with Crippen molar-refractivity contribution in [1.82, 2.24) is 14.9 Å². The van der Waals surface area contributed by atoms with E-state index in [9.17, 15) is 18.8 Å². The Labute approximate surface area is 141 Å². The van der Waals surface area contributed by atoms with Gasteiger partial charge in [0.2, 0.25) is 5.91 Å². The Kier molecular flexibility index (Phi) is 5.68. The maximum absolute atomic E-state index is 13.1. The number of benzene rings is 1. The van der Waals surface area contributed by atoms with Gasteiger partial charge in [-0.3, -0.25) is 19.1 Å². The highest BCUT2D eigenvalue weighted by Crippen LogP contribution is 2.13. The topological polar surface area (TPSA) is 117 Å². The van der Waals surface area contributed by atoms with Gasteiger partial charge in [-0.25, -0.2) is 9.18 Å². The number of aromatic amines is 1. The van der Waals surface area contributed by atoms with Gasteiger partial charge in [-0.15, -0.1) is 0 Å². The predicted molar refractivity (Wildman–Crippen MR) is 85.5 cm³/mol. The van der Waals surface area contributed by atoms with Gasteiger partial charge in [0.1, 0.15) is 35.8 Å². The molecule has 2 rings (SSSR count). The van der Waals surface area contributed by atoms with Crippen LogP contribution in [-0.4, -0.2) is 28.1 Å². The Morgan fingerprint density at radius 1 is 1.48 bits per heavy atom. The van der Waals surface area contributed by atoms with Gasteiger partial charge in [-0.05, 0) is 19.1 Å². The molecule has 1 atom stereocenters. The third-order valence-corrected chi connectivity index (χ3v) is 3.17. The molecule has 8 nitrogen and oxygen atoms in total. The molecule has 25 heavy (non-hydrogen) atoms. The Morgan fingerprint density at radius 2 is 2.24 bits per heavy atom. The van der Waals surface area contributed by atoms with Crippen LogP contribution >= 0.6 is 0 Å². The third-order valence-electron chi connectivity index (χ3n) is 3.17. The summed E-state index contributed by atoms with van der Waals surface area (Å²) in [7, 11) is 0. The number of aromatic nitrogens is 2. The van der Waals surface area contributed by atoms with Crippen LogP contribution in [0.4, 0.5) is 4.39 Å². The lowest BCUT2D eigenvalue weighted by Gasteiger charge is -2.15. The molecule has 2 N–H and O–H groups in total. The van der Waals surface area contributed by atoms with E-state index < -0.39 is 29.1 Å². The Bertz CT molecular complexity index is 929. The predicted octanol–water partition coefficient (Wildman–Crippen LogP) is 0.131. The second-order valence-corrected chi connectivity index (χ2v) is 5.23. The summed E-state index contributed by atoms with van der Waals surface area (Å²) < 4.78 is 19.5. The summed E-state index contributed by atoms with van der Waals surface area (Å²) in [6.45, 7) is 1.45. The van der Waals surface area contributed by atoms with Crippen molar-refractivity contribution in [2.45, 2.75) is 19.6 Å². The summed E-state index contributed by atoms with van der Waals surface area (Å²) in [5.41, 5.74) is -1.86. The minimum atomic E-state index is -0.804. The van der Waals surface area contributed by atoms with E-state index in [4.69, 9.17) is 10.00 Å². The SMILES string of the molecule is CC(CNC(=O)Cn1cc(C#N)c(=O)[nH]c1=O)Oc1cccc(F)c1. The molecule has 1 aromatic carbocycles. The van der Waals surface area contributed by atoms with Crippen LogP contribution in [0, 0.1) is 17.1 Å². The van der Waals surface area contributed by atoms with Crippen LogP contribution in [-0.2, 0) is 11.3 Å². The number of halogens is 1. The molecule has 1 amide bonds. The zero-order chi connectivity index (χ0) is 18.4. The number of ether oxygens (including phenoxy) is 1. The average molecular weight is 346 g/mol. The van der Waals surface area contributed by atoms with Crippen LogP contribution in [0.15, 0.2) is 40.1 Å². The molecule has 0 aliphatic heterocycles. The molecule has 0 bridgehead atoms. The number of carbonyl (C=O) groups excluding carboxylic acids is 1. The Morgan fingerprint density at radius 3 is 2.92 bits per heavy atom. The number of hydrogen-bond acceptors (Lipinski definition) is 5. The molecule has 2 aromatic rings. The van der Waals surface area contributed by atoms with E-state index in [1.165, 1.54) is 18.2 Å². The maximum Gasteiger partial charge on any atom is 0.328 e. The van der Waals surface area contributed by atoms with Gasteiger partial charge in [0, 0.05) is 12.3 Å². The van der Waals surface area contributed by atoms with E-state index >= 15 is 0 Å². The minimum absolute atomic E-state index is 0.124. The zero-order valence-electron chi connectivity index (χ0n) is 13.3. The summed E-state index contributed by atoms with van der Waals surface area (Å²) in [5.74, 6) is -0.607. The molecule has 0 saturated carbocycles. The largest absolute Gasteiger partial charge is 0.489 e. The van der Waals surface area contributed by atoms with Crippen molar-refractivity contribution in [2.75, 3.05) is 6.54 Å². The Hall–Kier alpha value is -3.41. The van der Waals surface area contributed by atoms with Gasteiger partial charge in [-0.1, -0.05) is 6.07 Å². The molecule has 0 fully saturated rings. The first-order chi connectivity index (χ1) is 11.9. The number of H-pyrrole nitrogens is 1. The van der Waals surface area contributed by atoms with Crippen molar-refractivity contribution in [1.29, 1.82) is 5.26 Å². The first-order valence-electron chi connectivity index (χ1n) is 7.32. The number of rotatable bonds is 6. The second kappa shape index (κ2) is 7.92. The highest BCUT2D eigenvalue weighted by molar-refractivity contribution is 5.75. The zero-order valence-corrected chi connectivity index (χ0v) is 13.3. The average Bonchev–Trinajstić information content (AvgIpc) is 2.55. The van der Waals surface area contributed by atoms with Gasteiger partial charge in [-0.2, -0.15) is 5.26 Å². The molecular formula is C16H15FN4O4. The van der Waals surface area contributed by atoms with Crippen molar-refractivity contribution < 1.29 is 13.9 Å². The summed E-state index contributed by atoms with van der Waals surface area (Å²) >= 11 is 0. The standard InChI is InChI=1S/C16H15FN4O4/c1-10(25-13-4-2-3-12(17)5-13)7-19-14(22)9-21-8-11(6-18)15(23)20-16(21)24/h2-5,8,10H,7,9H2,1H3,(H,19,22)(H,20,23,24). The van der Waals surface area contributed by atoms with Gasteiger partial charge < -0.3 is 10.1 Å². The van der Waals surface area contributed by atoms with Gasteiger partial charge >= 0.3 is 5.69 Å². The number of nitrogens with zero attached hydrogens (tertiary/aromatic N) is 2. The molecule has 1 aromatic heterocycles. The smallest absolute Gasteiger partial charge is 0.328 e. The number of hydrogen-bond donors (Lipinski definition) is 2. The van der Waals surface area contributed by atoms with Crippen LogP contribution in [0.2, 0.25) is 0 Å². The van der Waals surface area contributed by atoms with Crippen molar-refractivity contribution in [3.63, 3.8) is 0 Å². The molecule has 1 heterocycles. The van der Waals surface area contributed by atoms with Gasteiger partial charge in [0.15, 0.2) is 0 Å². The van der Waals surface area contributed by atoms with Crippen molar-refractivity contribution in [2.24, 2.45) is 0 Å². The molecule has 0 saturated heterocycles. The van der Waals surface area contributed by atoms with E-state index in [1.807, 2.05) is 4.98 Å². The third kappa shape index (κ3) is 5.04. The molecule has 0 spiro atoms. The van der Waals surface area contributed by atoms with Crippen LogP contribution in [0.25, 0.3) is 0 Å². The highest BCUT2D eigenvalue weighted by Gasteiger charge is 2.10. The highest BCUT2D eigenvalue weighted by atomic mass is 19.1. The molecule has 1 unspecified atom stereocenters. The molecular weight excluding hydrogens is 331 g/mol. The monoisotopic (exact) mass is 346 g/mol. The summed E-state index contributed by atoms with van der Waals surface area (Å²) in [6, 6.07) is 7.24. The van der Waals surface area contributed by atoms with Crippen molar-refractivity contribution in [3.8, 4) is 11.8 Å². The molecule has 9 heteroatoms. The fourth-order valence-electron chi connectivity index (χ4n) is 1.99. The van der Waals surface area contributed by atoms with Crippen molar-refractivity contribution in [3.05, 3.63) is 62.7 Å². The fourth-order valence-corrected chi connectivity index (χ4v) is 1.99. The number of amides is 1. The first kappa shape index (κ1) is 17.9. The molecule has 130 valence electrons. The summed E-state index contributed by atoms with van der Waals surface area (Å²) in [6.07, 6.45) is 0.584. The lowest BCUT2D eigenvalue weighted by molar-refractivity contribution is -0.122. The van der Waals surface area contributed by atoms with E-state index in [0.717, 1.165) is 10.8 Å². The Balaban J connectivity index is 1.92. The van der Waals surface area contributed by atoms with E-state index in [-0.39, 0.29) is 18.7 Å². The minimum Gasteiger partial charge on any atom is -0.489 e. The normalized spacial score (nSPS) is 11.4. The number of carbonyl (C=O) groups is 1. The fraction of sp³-hybridized carbons (Fsp3) is 0.250. The van der Waals surface area contributed by atoms with E-state index in [1.54, 1.807) is 19.1 Å². The van der Waals surface area contributed by atoms with Crippen LogP contribution < -0.4 is 21.3 Å². The molecule has 0 aliphatic rings. The maximum atomic E-state index is 13.1. The second-order valence-electron chi connectivity index (χ2n) is 5.23. The summed E-state index contributed by atoms with van der Waals surface area (Å²) in [5, 5.41) is 11.3. The molecule has 0 radical (unpaired) electrons.